The fraction of sp³-hybridized carbons (Fsp3) is 0.0526. The van der Waals surface area contributed by atoms with E-state index in [0.717, 1.165) is 11.4 Å². The second kappa shape index (κ2) is 14.8. The third kappa shape index (κ3) is 6.13. The zero-order valence-electron chi connectivity index (χ0n) is 33.8. The van der Waals surface area contributed by atoms with Crippen LogP contribution < -0.4 is 26.2 Å². The first-order valence-corrected chi connectivity index (χ1v) is 21.1. The summed E-state index contributed by atoms with van der Waals surface area (Å²) < 4.78 is 0. The molecule has 0 bridgehead atoms. The molecule has 0 spiro atoms. The third-order valence-electron chi connectivity index (χ3n) is 12.4. The molecular weight excluding hydrogens is 723 g/mol. The number of nitrogens with zero attached hydrogens (tertiary/aromatic N) is 2. The first kappa shape index (κ1) is 35.8. The zero-order valence-corrected chi connectivity index (χ0v) is 33.8. The van der Waals surface area contributed by atoms with E-state index in [2.05, 4.69) is 242 Å². The van der Waals surface area contributed by atoms with E-state index < -0.39 is 0 Å². The lowest BCUT2D eigenvalue weighted by atomic mass is 9.33. The molecule has 0 radical (unpaired) electrons. The normalized spacial score (nSPS) is 12.6. The second-order valence-corrected chi connectivity index (χ2v) is 16.3. The lowest BCUT2D eigenvalue weighted by Crippen LogP contribution is -2.61. The van der Waals surface area contributed by atoms with Crippen LogP contribution in [0.15, 0.2) is 218 Å². The molecule has 60 heavy (non-hydrogen) atoms. The minimum Gasteiger partial charge on any atom is -0.311 e. The Bertz CT molecular complexity index is 2780. The summed E-state index contributed by atoms with van der Waals surface area (Å²) in [4.78, 5) is 5.06. The molecule has 2 heterocycles. The molecule has 3 heteroatoms. The van der Waals surface area contributed by atoms with Gasteiger partial charge >= 0.3 is 0 Å². The molecule has 0 amide bonds. The molecule has 284 valence electrons. The summed E-state index contributed by atoms with van der Waals surface area (Å²) >= 11 is 0. The van der Waals surface area contributed by atoms with Crippen LogP contribution in [-0.4, -0.2) is 6.71 Å². The maximum atomic E-state index is 2.53. The lowest BCUT2D eigenvalue weighted by molar-refractivity contribution is 0.866. The molecule has 0 unspecified atom stereocenters. The minimum absolute atomic E-state index is 0.00628. The summed E-state index contributed by atoms with van der Waals surface area (Å²) in [5, 5.41) is 0. The maximum Gasteiger partial charge on any atom is 0.252 e. The van der Waals surface area contributed by atoms with Gasteiger partial charge in [0.15, 0.2) is 0 Å². The van der Waals surface area contributed by atoms with Gasteiger partial charge in [-0.15, -0.1) is 0 Å². The Morgan fingerprint density at radius 3 is 0.983 bits per heavy atom. The van der Waals surface area contributed by atoms with E-state index in [0.29, 0.717) is 5.92 Å². The van der Waals surface area contributed by atoms with Gasteiger partial charge in [0.1, 0.15) is 0 Å². The molecule has 0 N–H and O–H groups in total. The van der Waals surface area contributed by atoms with E-state index in [1.54, 1.807) is 0 Å². The average Bonchev–Trinajstić information content (AvgIpc) is 3.32. The average molecular weight is 767 g/mol. The van der Waals surface area contributed by atoms with E-state index in [1.165, 1.54) is 89.2 Å². The van der Waals surface area contributed by atoms with Gasteiger partial charge in [0.2, 0.25) is 0 Å². The minimum atomic E-state index is -0.00628. The van der Waals surface area contributed by atoms with Crippen molar-refractivity contribution in [2.45, 2.75) is 19.8 Å². The van der Waals surface area contributed by atoms with Crippen LogP contribution in [-0.2, 0) is 0 Å². The highest BCUT2D eigenvalue weighted by molar-refractivity contribution is 7.00. The van der Waals surface area contributed by atoms with Gasteiger partial charge in [-0.2, -0.15) is 0 Å². The Morgan fingerprint density at radius 1 is 0.317 bits per heavy atom. The number of hydrogen-bond acceptors (Lipinski definition) is 2. The number of hydrogen-bond donors (Lipinski definition) is 0. The fourth-order valence-electron chi connectivity index (χ4n) is 9.40. The molecule has 2 aliphatic heterocycles. The summed E-state index contributed by atoms with van der Waals surface area (Å²) in [5.74, 6) is 0.318. The van der Waals surface area contributed by atoms with Crippen LogP contribution in [0.3, 0.4) is 0 Å². The number of anilines is 6. The molecule has 0 saturated carbocycles. The smallest absolute Gasteiger partial charge is 0.252 e. The van der Waals surface area contributed by atoms with E-state index in [1.807, 2.05) is 0 Å². The highest BCUT2D eigenvalue weighted by Gasteiger charge is 2.44. The van der Waals surface area contributed by atoms with Crippen molar-refractivity contribution in [1.29, 1.82) is 0 Å². The van der Waals surface area contributed by atoms with Crippen LogP contribution in [0.5, 0.6) is 0 Å². The molecule has 9 aromatic carbocycles. The monoisotopic (exact) mass is 766 g/mol. The number of benzene rings is 9. The van der Waals surface area contributed by atoms with Crippen LogP contribution in [0.4, 0.5) is 34.1 Å². The molecule has 11 rings (SSSR count). The first-order chi connectivity index (χ1) is 29.6. The van der Waals surface area contributed by atoms with Crippen molar-refractivity contribution < 1.29 is 0 Å². The Labute approximate surface area is 353 Å². The van der Waals surface area contributed by atoms with Crippen molar-refractivity contribution in [2.75, 3.05) is 9.80 Å². The van der Waals surface area contributed by atoms with Crippen LogP contribution in [0.25, 0.3) is 44.5 Å². The van der Waals surface area contributed by atoms with Crippen LogP contribution in [0.1, 0.15) is 25.3 Å². The van der Waals surface area contributed by atoms with E-state index >= 15 is 0 Å². The first-order valence-electron chi connectivity index (χ1n) is 21.1. The van der Waals surface area contributed by atoms with Crippen LogP contribution >= 0.6 is 0 Å². The molecule has 0 atom stereocenters. The quantitative estimate of drug-likeness (QED) is 0.149. The van der Waals surface area contributed by atoms with E-state index in [-0.39, 0.29) is 6.71 Å². The zero-order chi connectivity index (χ0) is 40.2. The summed E-state index contributed by atoms with van der Waals surface area (Å²) in [5.41, 5.74) is 22.2. The highest BCUT2D eigenvalue weighted by atomic mass is 15.2. The van der Waals surface area contributed by atoms with Crippen LogP contribution in [0.2, 0.25) is 0 Å². The lowest BCUT2D eigenvalue weighted by Gasteiger charge is -2.45. The topological polar surface area (TPSA) is 6.48 Å². The summed E-state index contributed by atoms with van der Waals surface area (Å²) in [6.07, 6.45) is 0. The van der Waals surface area contributed by atoms with E-state index in [4.69, 9.17) is 0 Å². The summed E-state index contributed by atoms with van der Waals surface area (Å²) in [7, 11) is 0. The van der Waals surface area contributed by atoms with Crippen molar-refractivity contribution >= 4 is 57.2 Å². The predicted molar refractivity (Wildman–Crippen MR) is 256 cm³/mol. The van der Waals surface area contributed by atoms with Gasteiger partial charge in [-0.3, -0.25) is 0 Å². The third-order valence-corrected chi connectivity index (χ3v) is 12.4. The Kier molecular flexibility index (Phi) is 8.82. The van der Waals surface area contributed by atoms with E-state index in [9.17, 15) is 0 Å². The van der Waals surface area contributed by atoms with Gasteiger partial charge < -0.3 is 9.80 Å². The summed E-state index contributed by atoms with van der Waals surface area (Å²) in [6, 6.07) is 80.5. The van der Waals surface area contributed by atoms with Gasteiger partial charge in [-0.05, 0) is 121 Å². The Balaban J connectivity index is 1.19. The standard InChI is InChI=1S/C57H43BN2/c1-39(2)48-37-55-57-56(38-48)60(50-31-25-45(26-32-50)41-17-9-4-10-18-41)54-34-28-47(43-21-13-6-14-22-43)36-52(54)58(57)51-35-46(42-19-11-5-12-20-42)27-33-53(51)59(55)49-29-23-44(24-30-49)40-15-7-3-8-16-40/h3-39H,1-2H3. The maximum absolute atomic E-state index is 2.53. The molecule has 0 saturated heterocycles. The SMILES string of the molecule is CC(C)c1cc2c3c(c1)N(c1ccc(-c4ccccc4)cc1)c1ccc(-c4ccccc4)cc1B3c1cc(-c3ccccc3)ccc1N2c1ccc(-c2ccccc2)cc1. The Morgan fingerprint density at radius 2 is 0.633 bits per heavy atom. The van der Waals surface area contributed by atoms with Gasteiger partial charge in [0, 0.05) is 34.1 Å². The largest absolute Gasteiger partial charge is 0.311 e. The molecule has 0 aliphatic carbocycles. The van der Waals surface area contributed by atoms with Crippen molar-refractivity contribution in [2.24, 2.45) is 0 Å². The van der Waals surface area contributed by atoms with Gasteiger partial charge in [-0.1, -0.05) is 184 Å². The van der Waals surface area contributed by atoms with Crippen molar-refractivity contribution in [1.82, 2.24) is 0 Å². The molecule has 0 aromatic heterocycles. The molecule has 0 fully saturated rings. The van der Waals surface area contributed by atoms with Crippen LogP contribution in [0, 0.1) is 0 Å². The van der Waals surface area contributed by atoms with Crippen molar-refractivity contribution in [3.63, 3.8) is 0 Å². The second-order valence-electron chi connectivity index (χ2n) is 16.3. The number of rotatable bonds is 7. The Hall–Kier alpha value is -7.36. The predicted octanol–water partition coefficient (Wildman–Crippen LogP) is 13.6. The fourth-order valence-corrected chi connectivity index (χ4v) is 9.40. The number of fused-ring (bicyclic) bond motifs is 4. The molecule has 2 nitrogen and oxygen atoms in total. The molecule has 2 aliphatic rings. The highest BCUT2D eigenvalue weighted by Crippen LogP contribution is 2.46. The molecular formula is C57H43BN2. The molecule has 9 aromatic rings. The van der Waals surface area contributed by atoms with Gasteiger partial charge in [-0.25, -0.2) is 0 Å². The van der Waals surface area contributed by atoms with Crippen molar-refractivity contribution in [3.8, 4) is 44.5 Å². The van der Waals surface area contributed by atoms with Gasteiger partial charge in [0.25, 0.3) is 6.71 Å². The van der Waals surface area contributed by atoms with Crippen molar-refractivity contribution in [3.05, 3.63) is 224 Å². The van der Waals surface area contributed by atoms with Gasteiger partial charge in [0.05, 0.1) is 0 Å². The summed E-state index contributed by atoms with van der Waals surface area (Å²) in [6.45, 7) is 4.62.